The lowest BCUT2D eigenvalue weighted by molar-refractivity contribution is 0.325. The van der Waals surface area contributed by atoms with Crippen molar-refractivity contribution >= 4 is 5.82 Å². The van der Waals surface area contributed by atoms with Crippen molar-refractivity contribution in [1.82, 2.24) is 15.3 Å². The molecule has 0 bridgehead atoms. The van der Waals surface area contributed by atoms with Gasteiger partial charge in [-0.2, -0.15) is 4.98 Å². The van der Waals surface area contributed by atoms with Crippen molar-refractivity contribution in [3.8, 4) is 5.88 Å². The van der Waals surface area contributed by atoms with E-state index in [9.17, 15) is 0 Å². The first-order chi connectivity index (χ1) is 9.86. The van der Waals surface area contributed by atoms with Crippen molar-refractivity contribution < 1.29 is 4.74 Å². The number of nitrogens with zero attached hydrogens (tertiary/aromatic N) is 3. The van der Waals surface area contributed by atoms with Crippen molar-refractivity contribution in [2.24, 2.45) is 0 Å². The lowest BCUT2D eigenvalue weighted by Gasteiger charge is -2.31. The van der Waals surface area contributed by atoms with E-state index in [1.54, 1.807) is 6.20 Å². The third kappa shape index (κ3) is 3.39. The largest absolute Gasteiger partial charge is 0.477 e. The molecular weight excluding hydrogens is 252 g/mol. The molecule has 1 unspecified atom stereocenters. The molecule has 0 amide bonds. The van der Waals surface area contributed by atoms with Gasteiger partial charge in [0.05, 0.1) is 19.0 Å². The van der Waals surface area contributed by atoms with E-state index in [1.807, 2.05) is 13.1 Å². The molecule has 1 saturated heterocycles. The minimum Gasteiger partial charge on any atom is -0.477 e. The number of ether oxygens (including phenoxy) is 1. The summed E-state index contributed by atoms with van der Waals surface area (Å²) in [5, 5.41) is 3.62. The van der Waals surface area contributed by atoms with Crippen molar-refractivity contribution in [3.05, 3.63) is 12.4 Å². The van der Waals surface area contributed by atoms with Crippen molar-refractivity contribution in [1.29, 1.82) is 0 Å². The third-order valence-corrected chi connectivity index (χ3v) is 4.00. The average molecular weight is 276 g/mol. The van der Waals surface area contributed by atoms with E-state index in [2.05, 4.69) is 20.2 Å². The predicted octanol–water partition coefficient (Wildman–Crippen LogP) is 1.99. The van der Waals surface area contributed by atoms with E-state index in [4.69, 9.17) is 4.74 Å². The van der Waals surface area contributed by atoms with Gasteiger partial charge in [-0.15, -0.1) is 0 Å². The second-order valence-electron chi connectivity index (χ2n) is 5.68. The third-order valence-electron chi connectivity index (χ3n) is 4.00. The number of anilines is 1. The summed E-state index contributed by atoms with van der Waals surface area (Å²) in [7, 11) is 0. The van der Waals surface area contributed by atoms with Crippen LogP contribution in [-0.2, 0) is 0 Å². The molecule has 1 aliphatic carbocycles. The minimum atomic E-state index is 0.585. The average Bonchev–Trinajstić information content (AvgIpc) is 3.31. The molecule has 1 aliphatic heterocycles. The van der Waals surface area contributed by atoms with Crippen LogP contribution in [0.25, 0.3) is 0 Å². The van der Waals surface area contributed by atoms with Gasteiger partial charge in [-0.1, -0.05) is 6.42 Å². The zero-order valence-corrected chi connectivity index (χ0v) is 12.2. The molecule has 2 fully saturated rings. The van der Waals surface area contributed by atoms with Crippen LogP contribution < -0.4 is 15.0 Å². The first kappa shape index (κ1) is 13.6. The summed E-state index contributed by atoms with van der Waals surface area (Å²) in [5.41, 5.74) is 0. The molecule has 1 aromatic heterocycles. The van der Waals surface area contributed by atoms with Crippen molar-refractivity contribution in [2.75, 3.05) is 24.6 Å². The second kappa shape index (κ2) is 6.39. The molecule has 0 radical (unpaired) electrons. The van der Waals surface area contributed by atoms with E-state index in [0.29, 0.717) is 24.6 Å². The molecule has 1 N–H and O–H groups in total. The molecule has 0 aromatic carbocycles. The van der Waals surface area contributed by atoms with Crippen LogP contribution in [0.1, 0.15) is 39.0 Å². The first-order valence-corrected chi connectivity index (χ1v) is 7.81. The summed E-state index contributed by atoms with van der Waals surface area (Å²) in [6, 6.07) is 1.23. The molecule has 1 saturated carbocycles. The molecule has 2 heterocycles. The zero-order chi connectivity index (χ0) is 13.8. The summed E-state index contributed by atoms with van der Waals surface area (Å²) < 4.78 is 5.47. The highest BCUT2D eigenvalue weighted by Gasteiger charge is 2.32. The maximum absolute atomic E-state index is 5.47. The summed E-state index contributed by atoms with van der Waals surface area (Å²) in [6.07, 6.45) is 10.0. The SMILES string of the molecule is CCOc1cncc(N(CC2CCCCN2)C2CC2)n1. The Hall–Kier alpha value is -1.36. The number of rotatable bonds is 6. The summed E-state index contributed by atoms with van der Waals surface area (Å²) in [6.45, 7) is 4.79. The van der Waals surface area contributed by atoms with Crippen LogP contribution in [0.4, 0.5) is 5.82 Å². The molecule has 5 nitrogen and oxygen atoms in total. The Bertz CT molecular complexity index is 430. The number of aromatic nitrogens is 2. The van der Waals surface area contributed by atoms with Crippen molar-refractivity contribution in [2.45, 2.75) is 51.1 Å². The minimum absolute atomic E-state index is 0.585. The topological polar surface area (TPSA) is 50.3 Å². The van der Waals surface area contributed by atoms with E-state index in [1.165, 1.54) is 32.1 Å². The number of hydrogen-bond donors (Lipinski definition) is 1. The Kier molecular flexibility index (Phi) is 4.35. The molecule has 3 rings (SSSR count). The fraction of sp³-hybridized carbons (Fsp3) is 0.733. The molecule has 20 heavy (non-hydrogen) atoms. The van der Waals surface area contributed by atoms with Crippen LogP contribution in [0, 0.1) is 0 Å². The molecule has 1 aromatic rings. The molecular formula is C15H24N4O. The van der Waals surface area contributed by atoms with Crippen LogP contribution in [0.2, 0.25) is 0 Å². The summed E-state index contributed by atoms with van der Waals surface area (Å²) in [4.78, 5) is 11.3. The Morgan fingerprint density at radius 1 is 1.30 bits per heavy atom. The van der Waals surface area contributed by atoms with E-state index < -0.39 is 0 Å². The highest BCUT2D eigenvalue weighted by atomic mass is 16.5. The van der Waals surface area contributed by atoms with Gasteiger partial charge in [-0.3, -0.25) is 4.98 Å². The Labute approximate surface area is 120 Å². The van der Waals surface area contributed by atoms with E-state index >= 15 is 0 Å². The van der Waals surface area contributed by atoms with Crippen LogP contribution in [-0.4, -0.2) is 41.7 Å². The van der Waals surface area contributed by atoms with Crippen LogP contribution >= 0.6 is 0 Å². The number of hydrogen-bond acceptors (Lipinski definition) is 5. The Balaban J connectivity index is 1.70. The molecule has 5 heteroatoms. The summed E-state index contributed by atoms with van der Waals surface area (Å²) in [5.74, 6) is 1.60. The summed E-state index contributed by atoms with van der Waals surface area (Å²) >= 11 is 0. The van der Waals surface area contributed by atoms with Gasteiger partial charge in [0.2, 0.25) is 5.88 Å². The standard InChI is InChI=1S/C15H24N4O/c1-2-20-15-10-16-9-14(18-15)19(13-6-7-13)11-12-5-3-4-8-17-12/h9-10,12-13,17H,2-8,11H2,1H3. The quantitative estimate of drug-likeness (QED) is 0.861. The van der Waals surface area contributed by atoms with Gasteiger partial charge < -0.3 is 15.0 Å². The van der Waals surface area contributed by atoms with Gasteiger partial charge >= 0.3 is 0 Å². The highest BCUT2D eigenvalue weighted by molar-refractivity contribution is 5.41. The van der Waals surface area contributed by atoms with Crippen LogP contribution in [0.15, 0.2) is 12.4 Å². The van der Waals surface area contributed by atoms with Gasteiger partial charge in [-0.05, 0) is 39.2 Å². The predicted molar refractivity (Wildman–Crippen MR) is 79.2 cm³/mol. The number of piperidine rings is 1. The zero-order valence-electron chi connectivity index (χ0n) is 12.2. The fourth-order valence-electron chi connectivity index (χ4n) is 2.83. The molecule has 110 valence electrons. The fourth-order valence-corrected chi connectivity index (χ4v) is 2.83. The smallest absolute Gasteiger partial charge is 0.234 e. The van der Waals surface area contributed by atoms with Crippen LogP contribution in [0.3, 0.4) is 0 Å². The second-order valence-corrected chi connectivity index (χ2v) is 5.68. The van der Waals surface area contributed by atoms with Gasteiger partial charge in [0.25, 0.3) is 0 Å². The maximum atomic E-state index is 5.47. The van der Waals surface area contributed by atoms with E-state index in [-0.39, 0.29) is 0 Å². The monoisotopic (exact) mass is 276 g/mol. The maximum Gasteiger partial charge on any atom is 0.234 e. The molecule has 0 spiro atoms. The molecule has 1 atom stereocenters. The van der Waals surface area contributed by atoms with Gasteiger partial charge in [0.1, 0.15) is 0 Å². The molecule has 2 aliphatic rings. The Morgan fingerprint density at radius 3 is 2.90 bits per heavy atom. The Morgan fingerprint density at radius 2 is 2.20 bits per heavy atom. The van der Waals surface area contributed by atoms with E-state index in [0.717, 1.165) is 18.9 Å². The first-order valence-electron chi connectivity index (χ1n) is 7.81. The number of nitrogens with one attached hydrogen (secondary N) is 1. The van der Waals surface area contributed by atoms with Gasteiger partial charge in [-0.25, -0.2) is 0 Å². The van der Waals surface area contributed by atoms with Gasteiger partial charge in [0.15, 0.2) is 5.82 Å². The van der Waals surface area contributed by atoms with Crippen molar-refractivity contribution in [3.63, 3.8) is 0 Å². The lowest BCUT2D eigenvalue weighted by atomic mass is 10.0. The highest BCUT2D eigenvalue weighted by Crippen LogP contribution is 2.31. The normalized spacial score (nSPS) is 22.6. The lowest BCUT2D eigenvalue weighted by Crippen LogP contribution is -2.44. The van der Waals surface area contributed by atoms with Gasteiger partial charge in [0, 0.05) is 18.6 Å². The van der Waals surface area contributed by atoms with Crippen LogP contribution in [0.5, 0.6) is 5.88 Å².